The van der Waals surface area contributed by atoms with Gasteiger partial charge < -0.3 is 11.1 Å². The van der Waals surface area contributed by atoms with Gasteiger partial charge in [-0.1, -0.05) is 29.3 Å². The van der Waals surface area contributed by atoms with Gasteiger partial charge >= 0.3 is 0 Å². The molecule has 0 aliphatic rings. The molecule has 1 atom stereocenters. The highest BCUT2D eigenvalue weighted by Gasteiger charge is 2.10. The number of benzene rings is 1. The predicted molar refractivity (Wildman–Crippen MR) is 84.2 cm³/mol. The van der Waals surface area contributed by atoms with Gasteiger partial charge in [0.05, 0.1) is 0 Å². The van der Waals surface area contributed by atoms with Crippen molar-refractivity contribution in [3.63, 3.8) is 0 Å². The summed E-state index contributed by atoms with van der Waals surface area (Å²) >= 11 is 3.41. The molecule has 1 aromatic carbocycles. The number of nitrogens with one attached hydrogen (secondary N) is 1. The van der Waals surface area contributed by atoms with E-state index in [0.29, 0.717) is 18.9 Å². The van der Waals surface area contributed by atoms with Crippen molar-refractivity contribution in [1.82, 2.24) is 0 Å². The maximum Gasteiger partial charge on any atom is 0.224 e. The Hall–Kier alpha value is -0.870. The number of rotatable bonds is 7. The van der Waals surface area contributed by atoms with Crippen molar-refractivity contribution in [1.29, 1.82) is 0 Å². The van der Waals surface area contributed by atoms with E-state index >= 15 is 0 Å². The van der Waals surface area contributed by atoms with Gasteiger partial charge in [0.25, 0.3) is 0 Å². The number of carbonyl (C=O) groups excluding carboxylic acids is 1. The Balaban J connectivity index is 2.46. The fourth-order valence-corrected chi connectivity index (χ4v) is 2.58. The van der Waals surface area contributed by atoms with Crippen molar-refractivity contribution in [2.75, 3.05) is 11.9 Å². The van der Waals surface area contributed by atoms with E-state index in [-0.39, 0.29) is 5.91 Å². The van der Waals surface area contributed by atoms with Crippen LogP contribution in [-0.2, 0) is 4.79 Å². The molecule has 0 radical (unpaired) electrons. The van der Waals surface area contributed by atoms with Gasteiger partial charge in [-0.15, -0.1) is 0 Å². The van der Waals surface area contributed by atoms with Crippen molar-refractivity contribution < 1.29 is 4.79 Å². The molecule has 1 aromatic rings. The molecule has 1 unspecified atom stereocenters. The molecule has 0 aliphatic heterocycles. The molecule has 0 fully saturated rings. The van der Waals surface area contributed by atoms with Crippen LogP contribution in [0.3, 0.4) is 0 Å². The van der Waals surface area contributed by atoms with E-state index in [1.165, 1.54) is 0 Å². The van der Waals surface area contributed by atoms with Crippen LogP contribution in [0.15, 0.2) is 22.7 Å². The number of nitrogens with two attached hydrogens (primary N) is 1. The van der Waals surface area contributed by atoms with Crippen molar-refractivity contribution >= 4 is 27.5 Å². The molecule has 4 heteroatoms. The van der Waals surface area contributed by atoms with Gasteiger partial charge in [0.1, 0.15) is 0 Å². The molecule has 0 heterocycles. The average molecular weight is 327 g/mol. The van der Waals surface area contributed by atoms with Crippen LogP contribution >= 0.6 is 15.9 Å². The summed E-state index contributed by atoms with van der Waals surface area (Å²) < 4.78 is 1.02. The fourth-order valence-electron chi connectivity index (χ4n) is 2.10. The highest BCUT2D eigenvalue weighted by atomic mass is 79.9. The van der Waals surface area contributed by atoms with E-state index < -0.39 is 0 Å². The van der Waals surface area contributed by atoms with Crippen molar-refractivity contribution in [3.05, 3.63) is 28.2 Å². The lowest BCUT2D eigenvalue weighted by Crippen LogP contribution is -2.15. The minimum Gasteiger partial charge on any atom is -0.330 e. The Kier molecular flexibility index (Phi) is 7.10. The number of anilines is 1. The lowest BCUT2D eigenvalue weighted by molar-refractivity contribution is -0.116. The van der Waals surface area contributed by atoms with Crippen LogP contribution in [0.1, 0.15) is 38.2 Å². The smallest absolute Gasteiger partial charge is 0.224 e. The van der Waals surface area contributed by atoms with Crippen LogP contribution in [0, 0.1) is 12.8 Å². The second kappa shape index (κ2) is 8.33. The highest BCUT2D eigenvalue weighted by molar-refractivity contribution is 9.10. The number of halogens is 1. The first-order valence-electron chi connectivity index (χ1n) is 6.82. The van der Waals surface area contributed by atoms with E-state index in [2.05, 4.69) is 28.2 Å². The molecule has 3 N–H and O–H groups in total. The van der Waals surface area contributed by atoms with E-state index in [1.54, 1.807) is 0 Å². The summed E-state index contributed by atoms with van der Waals surface area (Å²) in [4.78, 5) is 11.9. The third-order valence-corrected chi connectivity index (χ3v) is 3.89. The number of carbonyl (C=O) groups is 1. The summed E-state index contributed by atoms with van der Waals surface area (Å²) in [6, 6.07) is 5.86. The predicted octanol–water partition coefficient (Wildman–Crippen LogP) is 3.85. The SMILES string of the molecule is CCC(CCN)CCC(=O)Nc1ccc(Br)cc1C. The molecule has 0 saturated carbocycles. The van der Waals surface area contributed by atoms with Crippen molar-refractivity contribution in [2.24, 2.45) is 11.7 Å². The van der Waals surface area contributed by atoms with Crippen LogP contribution in [0.4, 0.5) is 5.69 Å². The summed E-state index contributed by atoms with van der Waals surface area (Å²) in [6.07, 6.45) is 3.56. The minimum atomic E-state index is 0.0842. The van der Waals surface area contributed by atoms with Crippen LogP contribution < -0.4 is 11.1 Å². The zero-order valence-corrected chi connectivity index (χ0v) is 13.3. The van der Waals surface area contributed by atoms with Gasteiger partial charge in [-0.3, -0.25) is 4.79 Å². The summed E-state index contributed by atoms with van der Waals surface area (Å²) in [7, 11) is 0. The van der Waals surface area contributed by atoms with E-state index in [0.717, 1.165) is 35.0 Å². The molecule has 1 amide bonds. The minimum absolute atomic E-state index is 0.0842. The highest BCUT2D eigenvalue weighted by Crippen LogP contribution is 2.21. The van der Waals surface area contributed by atoms with Crippen LogP contribution in [-0.4, -0.2) is 12.5 Å². The molecule has 1 rings (SSSR count). The molecule has 3 nitrogen and oxygen atoms in total. The topological polar surface area (TPSA) is 55.1 Å². The third-order valence-electron chi connectivity index (χ3n) is 3.39. The second-order valence-corrected chi connectivity index (χ2v) is 5.81. The Labute approximate surface area is 124 Å². The van der Waals surface area contributed by atoms with Crippen LogP contribution in [0.5, 0.6) is 0 Å². The van der Waals surface area contributed by atoms with E-state index in [4.69, 9.17) is 5.73 Å². The molecule has 19 heavy (non-hydrogen) atoms. The van der Waals surface area contributed by atoms with Gasteiger partial charge in [0.15, 0.2) is 0 Å². The summed E-state index contributed by atoms with van der Waals surface area (Å²) in [6.45, 7) is 4.84. The normalized spacial score (nSPS) is 12.2. The van der Waals surface area contributed by atoms with Crippen molar-refractivity contribution in [2.45, 2.75) is 39.5 Å². The molecular formula is C15H23BrN2O. The summed E-state index contributed by atoms with van der Waals surface area (Å²) in [5.74, 6) is 0.641. The molecular weight excluding hydrogens is 304 g/mol. The van der Waals surface area contributed by atoms with Gasteiger partial charge in [0.2, 0.25) is 5.91 Å². The first-order valence-corrected chi connectivity index (χ1v) is 7.62. The average Bonchev–Trinajstić information content (AvgIpc) is 2.38. The number of hydrogen-bond acceptors (Lipinski definition) is 2. The van der Waals surface area contributed by atoms with Crippen LogP contribution in [0.25, 0.3) is 0 Å². The molecule has 0 saturated heterocycles. The van der Waals surface area contributed by atoms with Gasteiger partial charge in [-0.25, -0.2) is 0 Å². The first kappa shape index (κ1) is 16.2. The maximum absolute atomic E-state index is 11.9. The number of hydrogen-bond donors (Lipinski definition) is 2. The first-order chi connectivity index (χ1) is 9.06. The fraction of sp³-hybridized carbons (Fsp3) is 0.533. The molecule has 0 aliphatic carbocycles. The maximum atomic E-state index is 11.9. The summed E-state index contributed by atoms with van der Waals surface area (Å²) in [5.41, 5.74) is 7.52. The lowest BCUT2D eigenvalue weighted by atomic mass is 9.96. The quantitative estimate of drug-likeness (QED) is 0.799. The molecule has 0 aromatic heterocycles. The Morgan fingerprint density at radius 3 is 2.74 bits per heavy atom. The Morgan fingerprint density at radius 2 is 2.16 bits per heavy atom. The Bertz CT molecular complexity index is 421. The molecule has 0 spiro atoms. The zero-order chi connectivity index (χ0) is 14.3. The number of aryl methyl sites for hydroxylation is 1. The van der Waals surface area contributed by atoms with E-state index in [9.17, 15) is 4.79 Å². The van der Waals surface area contributed by atoms with Gasteiger partial charge in [-0.05, 0) is 56.0 Å². The monoisotopic (exact) mass is 326 g/mol. The van der Waals surface area contributed by atoms with Crippen molar-refractivity contribution in [3.8, 4) is 0 Å². The molecule has 106 valence electrons. The summed E-state index contributed by atoms with van der Waals surface area (Å²) in [5, 5.41) is 2.97. The molecule has 0 bridgehead atoms. The van der Waals surface area contributed by atoms with E-state index in [1.807, 2.05) is 25.1 Å². The standard InChI is InChI=1S/C15H23BrN2O/c1-3-12(8-9-17)4-7-15(19)18-14-6-5-13(16)10-11(14)2/h5-6,10,12H,3-4,7-9,17H2,1-2H3,(H,18,19). The Morgan fingerprint density at radius 1 is 1.42 bits per heavy atom. The second-order valence-electron chi connectivity index (χ2n) is 4.90. The lowest BCUT2D eigenvalue weighted by Gasteiger charge is -2.14. The zero-order valence-electron chi connectivity index (χ0n) is 11.7. The number of amides is 1. The third kappa shape index (κ3) is 5.74. The van der Waals surface area contributed by atoms with Crippen LogP contribution in [0.2, 0.25) is 0 Å². The van der Waals surface area contributed by atoms with Gasteiger partial charge in [0, 0.05) is 16.6 Å². The largest absolute Gasteiger partial charge is 0.330 e. The van der Waals surface area contributed by atoms with Gasteiger partial charge in [-0.2, -0.15) is 0 Å².